The van der Waals surface area contributed by atoms with Crippen LogP contribution >= 0.6 is 23.4 Å². The van der Waals surface area contributed by atoms with Gasteiger partial charge in [-0.3, -0.25) is 0 Å². The first kappa shape index (κ1) is 15.0. The molecule has 4 nitrogen and oxygen atoms in total. The molecule has 18 heavy (non-hydrogen) atoms. The van der Waals surface area contributed by atoms with E-state index in [2.05, 4.69) is 5.32 Å². The van der Waals surface area contributed by atoms with Crippen LogP contribution in [0.1, 0.15) is 17.3 Å². The van der Waals surface area contributed by atoms with E-state index >= 15 is 0 Å². The minimum atomic E-state index is -0.456. The lowest BCUT2D eigenvalue weighted by Crippen LogP contribution is -2.20. The van der Waals surface area contributed by atoms with Crippen LogP contribution in [-0.2, 0) is 4.74 Å². The summed E-state index contributed by atoms with van der Waals surface area (Å²) in [5.41, 5.74) is 7.05. The van der Waals surface area contributed by atoms with Crippen LogP contribution in [0.2, 0.25) is 5.02 Å². The third kappa shape index (κ3) is 3.71. The molecule has 1 aromatic carbocycles. The maximum Gasteiger partial charge on any atom is 0.340 e. The molecule has 1 unspecified atom stereocenters. The van der Waals surface area contributed by atoms with Crippen LogP contribution in [0.5, 0.6) is 0 Å². The molecule has 0 saturated carbocycles. The molecule has 3 N–H and O–H groups in total. The molecule has 0 radical (unpaired) electrons. The summed E-state index contributed by atoms with van der Waals surface area (Å²) in [5, 5.41) is 3.63. The van der Waals surface area contributed by atoms with Gasteiger partial charge >= 0.3 is 5.97 Å². The molecule has 0 aliphatic heterocycles. The Morgan fingerprint density at radius 2 is 2.28 bits per heavy atom. The summed E-state index contributed by atoms with van der Waals surface area (Å²) in [7, 11) is 1.33. The summed E-state index contributed by atoms with van der Waals surface area (Å²) in [6, 6.07) is 3.36. The zero-order valence-corrected chi connectivity index (χ0v) is 12.2. The highest BCUT2D eigenvalue weighted by molar-refractivity contribution is 7.98. The monoisotopic (exact) mass is 288 g/mol. The molecule has 0 fully saturated rings. The highest BCUT2D eigenvalue weighted by Crippen LogP contribution is 2.30. The van der Waals surface area contributed by atoms with E-state index in [0.29, 0.717) is 22.0 Å². The second-order valence-corrected chi connectivity index (χ2v) is 5.24. The number of carbonyl (C=O) groups is 1. The Balaban J connectivity index is 3.11. The quantitative estimate of drug-likeness (QED) is 0.644. The number of hydrogen-bond donors (Lipinski definition) is 2. The summed E-state index contributed by atoms with van der Waals surface area (Å²) in [5.74, 6) is 0.449. The predicted molar refractivity (Wildman–Crippen MR) is 78.7 cm³/mol. The van der Waals surface area contributed by atoms with Crippen molar-refractivity contribution in [2.24, 2.45) is 0 Å². The van der Waals surface area contributed by atoms with Gasteiger partial charge in [-0.2, -0.15) is 11.8 Å². The summed E-state index contributed by atoms with van der Waals surface area (Å²) in [6.45, 7) is 2.02. The SMILES string of the molecule is COC(=O)c1cc(N)cc(Cl)c1NC(C)CSC. The molecule has 0 heterocycles. The second-order valence-electron chi connectivity index (χ2n) is 3.92. The molecule has 1 atom stereocenters. The van der Waals surface area contributed by atoms with Gasteiger partial charge in [-0.05, 0) is 25.3 Å². The Bertz CT molecular complexity index is 440. The van der Waals surface area contributed by atoms with Crippen molar-refractivity contribution in [3.05, 3.63) is 22.7 Å². The standard InChI is InChI=1S/C12H17ClN2O2S/c1-7(6-18-3)15-11-9(12(16)17-2)4-8(14)5-10(11)13/h4-5,7,15H,6,14H2,1-3H3. The molecule has 100 valence electrons. The first-order valence-corrected chi connectivity index (χ1v) is 7.19. The molecule has 0 aliphatic carbocycles. The van der Waals surface area contributed by atoms with Crippen molar-refractivity contribution in [3.63, 3.8) is 0 Å². The van der Waals surface area contributed by atoms with Gasteiger partial charge < -0.3 is 15.8 Å². The molecular formula is C12H17ClN2O2S. The van der Waals surface area contributed by atoms with Crippen molar-refractivity contribution in [1.29, 1.82) is 0 Å². The van der Waals surface area contributed by atoms with Gasteiger partial charge in [0.05, 0.1) is 23.4 Å². The Kier molecular flexibility index (Phi) is 5.62. The van der Waals surface area contributed by atoms with Crippen LogP contribution in [0.25, 0.3) is 0 Å². The lowest BCUT2D eigenvalue weighted by atomic mass is 10.1. The molecule has 0 aromatic heterocycles. The predicted octanol–water partition coefficient (Wildman–Crippen LogP) is 2.87. The molecule has 1 rings (SSSR count). The molecule has 0 aliphatic rings. The van der Waals surface area contributed by atoms with Gasteiger partial charge in [0.1, 0.15) is 0 Å². The number of thioether (sulfide) groups is 1. The Hall–Kier alpha value is -1.07. The number of esters is 1. The van der Waals surface area contributed by atoms with Crippen molar-refractivity contribution in [1.82, 2.24) is 0 Å². The number of anilines is 2. The van der Waals surface area contributed by atoms with E-state index in [0.717, 1.165) is 5.75 Å². The maximum atomic E-state index is 11.7. The van der Waals surface area contributed by atoms with Crippen LogP contribution in [0.4, 0.5) is 11.4 Å². The molecule has 0 saturated heterocycles. The van der Waals surface area contributed by atoms with Gasteiger partial charge in [0.25, 0.3) is 0 Å². The summed E-state index contributed by atoms with van der Waals surface area (Å²) in [4.78, 5) is 11.7. The number of ether oxygens (including phenoxy) is 1. The van der Waals surface area contributed by atoms with E-state index in [9.17, 15) is 4.79 Å². The van der Waals surface area contributed by atoms with Crippen LogP contribution in [-0.4, -0.2) is 31.1 Å². The second kappa shape index (κ2) is 6.75. The van der Waals surface area contributed by atoms with Crippen molar-refractivity contribution >= 4 is 40.7 Å². The van der Waals surface area contributed by atoms with E-state index in [1.165, 1.54) is 7.11 Å². The molecule has 0 bridgehead atoms. The number of benzene rings is 1. The summed E-state index contributed by atoms with van der Waals surface area (Å²) in [6.07, 6.45) is 2.02. The number of rotatable bonds is 5. The number of hydrogen-bond acceptors (Lipinski definition) is 5. The summed E-state index contributed by atoms with van der Waals surface area (Å²) < 4.78 is 4.73. The number of halogens is 1. The van der Waals surface area contributed by atoms with Crippen LogP contribution in [0.15, 0.2) is 12.1 Å². The van der Waals surface area contributed by atoms with Gasteiger partial charge in [0, 0.05) is 17.5 Å². The van der Waals surface area contributed by atoms with Gasteiger partial charge in [-0.1, -0.05) is 11.6 Å². The first-order valence-electron chi connectivity index (χ1n) is 5.42. The molecular weight excluding hydrogens is 272 g/mol. The van der Waals surface area contributed by atoms with E-state index in [-0.39, 0.29) is 6.04 Å². The van der Waals surface area contributed by atoms with Gasteiger partial charge in [0.2, 0.25) is 0 Å². The molecule has 6 heteroatoms. The minimum Gasteiger partial charge on any atom is -0.465 e. The Morgan fingerprint density at radius 1 is 1.61 bits per heavy atom. The van der Waals surface area contributed by atoms with E-state index < -0.39 is 5.97 Å². The maximum absolute atomic E-state index is 11.7. The minimum absolute atomic E-state index is 0.185. The zero-order chi connectivity index (χ0) is 13.7. The fourth-order valence-electron chi connectivity index (χ4n) is 1.58. The zero-order valence-electron chi connectivity index (χ0n) is 10.6. The molecule has 0 amide bonds. The Labute approximate surface area is 116 Å². The first-order chi connectivity index (χ1) is 8.49. The van der Waals surface area contributed by atoms with E-state index in [1.807, 2.05) is 13.2 Å². The lowest BCUT2D eigenvalue weighted by molar-refractivity contribution is 0.0602. The Morgan fingerprint density at radius 3 is 2.83 bits per heavy atom. The normalized spacial score (nSPS) is 12.0. The topological polar surface area (TPSA) is 64.3 Å². The smallest absolute Gasteiger partial charge is 0.340 e. The average molecular weight is 289 g/mol. The van der Waals surface area contributed by atoms with Crippen LogP contribution in [0.3, 0.4) is 0 Å². The molecule has 0 spiro atoms. The van der Waals surface area contributed by atoms with Crippen molar-refractivity contribution in [3.8, 4) is 0 Å². The summed E-state index contributed by atoms with van der Waals surface area (Å²) >= 11 is 7.83. The molecule has 1 aromatic rings. The largest absolute Gasteiger partial charge is 0.465 e. The van der Waals surface area contributed by atoms with Crippen molar-refractivity contribution in [2.75, 3.05) is 30.2 Å². The van der Waals surface area contributed by atoms with Gasteiger partial charge in [0.15, 0.2) is 0 Å². The third-order valence-corrected chi connectivity index (χ3v) is 3.46. The number of nitrogens with two attached hydrogens (primary N) is 1. The van der Waals surface area contributed by atoms with Crippen molar-refractivity contribution in [2.45, 2.75) is 13.0 Å². The van der Waals surface area contributed by atoms with Gasteiger partial charge in [-0.15, -0.1) is 0 Å². The highest BCUT2D eigenvalue weighted by Gasteiger charge is 2.17. The average Bonchev–Trinajstić information content (AvgIpc) is 2.31. The number of nitrogen functional groups attached to an aromatic ring is 1. The van der Waals surface area contributed by atoms with Crippen molar-refractivity contribution < 1.29 is 9.53 Å². The fourth-order valence-corrected chi connectivity index (χ4v) is 2.45. The highest BCUT2D eigenvalue weighted by atomic mass is 35.5. The number of carbonyl (C=O) groups excluding carboxylic acids is 1. The number of methoxy groups -OCH3 is 1. The fraction of sp³-hybridized carbons (Fsp3) is 0.417. The van der Waals surface area contributed by atoms with Gasteiger partial charge in [-0.25, -0.2) is 4.79 Å². The third-order valence-electron chi connectivity index (χ3n) is 2.33. The van der Waals surface area contributed by atoms with Crippen LogP contribution in [0, 0.1) is 0 Å². The van der Waals surface area contributed by atoms with Crippen LogP contribution < -0.4 is 11.1 Å². The number of nitrogens with one attached hydrogen (secondary N) is 1. The van der Waals surface area contributed by atoms with E-state index in [1.54, 1.807) is 23.9 Å². The van der Waals surface area contributed by atoms with E-state index in [4.69, 9.17) is 22.1 Å². The lowest BCUT2D eigenvalue weighted by Gasteiger charge is -2.18.